The zero-order valence-corrected chi connectivity index (χ0v) is 16.6. The van der Waals surface area contributed by atoms with Crippen molar-refractivity contribution in [2.45, 2.75) is 58.1 Å². The number of ether oxygens (including phenoxy) is 1. The Balaban J connectivity index is 1.70. The van der Waals surface area contributed by atoms with E-state index in [0.29, 0.717) is 12.0 Å². The number of carbonyl (C=O) groups excluding carboxylic acids is 1. The number of carboxylic acid groups (broad SMARTS) is 1. The molecule has 0 saturated heterocycles. The summed E-state index contributed by atoms with van der Waals surface area (Å²) in [6, 6.07) is 7.47. The topological polar surface area (TPSA) is 93.5 Å². The van der Waals surface area contributed by atoms with Gasteiger partial charge in [-0.15, -0.1) is 0 Å². The summed E-state index contributed by atoms with van der Waals surface area (Å²) in [5.41, 5.74) is 4.16. The average molecular weight is 385 g/mol. The van der Waals surface area contributed by atoms with Crippen LogP contribution in [0, 0.1) is 13.8 Å². The number of nitrogens with zero attached hydrogens (tertiary/aromatic N) is 2. The van der Waals surface area contributed by atoms with Crippen LogP contribution >= 0.6 is 0 Å². The molecule has 28 heavy (non-hydrogen) atoms. The van der Waals surface area contributed by atoms with Crippen molar-refractivity contribution in [3.63, 3.8) is 0 Å². The lowest BCUT2D eigenvalue weighted by Gasteiger charge is -2.13. The van der Waals surface area contributed by atoms with Crippen molar-refractivity contribution >= 4 is 11.9 Å². The van der Waals surface area contributed by atoms with Crippen molar-refractivity contribution in [1.82, 2.24) is 15.1 Å². The second-order valence-electron chi connectivity index (χ2n) is 7.34. The Morgan fingerprint density at radius 1 is 1.25 bits per heavy atom. The monoisotopic (exact) mass is 385 g/mol. The highest BCUT2D eigenvalue weighted by Crippen LogP contribution is 2.22. The molecule has 0 spiro atoms. The molecule has 2 unspecified atom stereocenters. The number of hydrogen-bond acceptors (Lipinski definition) is 4. The largest absolute Gasteiger partial charge is 0.481 e. The number of nitrogens with one attached hydrogen (secondary N) is 1. The fourth-order valence-corrected chi connectivity index (χ4v) is 3.83. The molecular weight excluding hydrogens is 358 g/mol. The van der Waals surface area contributed by atoms with Gasteiger partial charge in [-0.25, -0.2) is 4.68 Å². The predicted molar refractivity (Wildman–Crippen MR) is 105 cm³/mol. The van der Waals surface area contributed by atoms with Crippen molar-refractivity contribution in [1.29, 1.82) is 0 Å². The summed E-state index contributed by atoms with van der Waals surface area (Å²) >= 11 is 0. The molecule has 1 heterocycles. The molecule has 7 heteroatoms. The van der Waals surface area contributed by atoms with Gasteiger partial charge in [-0.05, 0) is 69.4 Å². The first-order valence-corrected chi connectivity index (χ1v) is 9.60. The Kier molecular flexibility index (Phi) is 6.14. The van der Waals surface area contributed by atoms with Gasteiger partial charge in [0.1, 0.15) is 0 Å². The molecule has 1 aromatic carbocycles. The Bertz CT molecular complexity index is 857. The Morgan fingerprint density at radius 2 is 1.96 bits per heavy atom. The molecule has 2 N–H and O–H groups in total. The van der Waals surface area contributed by atoms with Gasteiger partial charge in [0.15, 0.2) is 0 Å². The molecule has 2 aromatic rings. The third kappa shape index (κ3) is 4.42. The highest BCUT2D eigenvalue weighted by atomic mass is 16.5. The van der Waals surface area contributed by atoms with Crippen LogP contribution in [0.1, 0.15) is 53.0 Å². The van der Waals surface area contributed by atoms with Crippen LogP contribution in [0.15, 0.2) is 24.3 Å². The van der Waals surface area contributed by atoms with Crippen LogP contribution < -0.4 is 5.32 Å². The number of carboxylic acids is 1. The standard InChI is InChI=1S/C21H27N3O4/c1-13-19(10-11-20(25)26)14(2)24(23-13)17-7-4-15(5-8-17)21(27)22-16-6-9-18(12-16)28-3/h4-5,7-8,16,18H,6,9-12H2,1-3H3,(H,22,27)(H,25,26). The first-order valence-electron chi connectivity index (χ1n) is 9.60. The van der Waals surface area contributed by atoms with Crippen LogP contribution in [-0.2, 0) is 16.0 Å². The minimum absolute atomic E-state index is 0.0798. The number of hydrogen-bond donors (Lipinski definition) is 2. The highest BCUT2D eigenvalue weighted by Gasteiger charge is 2.26. The first-order chi connectivity index (χ1) is 13.4. The minimum atomic E-state index is -0.819. The molecule has 1 saturated carbocycles. The van der Waals surface area contributed by atoms with E-state index >= 15 is 0 Å². The number of aromatic nitrogens is 2. The predicted octanol–water partition coefficient (Wildman–Crippen LogP) is 2.80. The molecule has 0 aliphatic heterocycles. The van der Waals surface area contributed by atoms with Gasteiger partial charge in [-0.2, -0.15) is 5.10 Å². The molecule has 150 valence electrons. The summed E-state index contributed by atoms with van der Waals surface area (Å²) < 4.78 is 7.15. The van der Waals surface area contributed by atoms with Crippen LogP contribution in [0.2, 0.25) is 0 Å². The van der Waals surface area contributed by atoms with E-state index in [-0.39, 0.29) is 24.5 Å². The molecule has 2 atom stereocenters. The third-order valence-corrected chi connectivity index (χ3v) is 5.46. The summed E-state index contributed by atoms with van der Waals surface area (Å²) in [4.78, 5) is 23.3. The SMILES string of the molecule is COC1CCC(NC(=O)c2ccc(-n3nc(C)c(CCC(=O)O)c3C)cc2)C1. The van der Waals surface area contributed by atoms with Crippen LogP contribution in [0.5, 0.6) is 0 Å². The highest BCUT2D eigenvalue weighted by molar-refractivity contribution is 5.94. The van der Waals surface area contributed by atoms with E-state index in [4.69, 9.17) is 9.84 Å². The van der Waals surface area contributed by atoms with E-state index in [0.717, 1.165) is 41.9 Å². The molecule has 1 amide bonds. The number of rotatable bonds is 7. The lowest BCUT2D eigenvalue weighted by molar-refractivity contribution is -0.136. The van der Waals surface area contributed by atoms with Gasteiger partial charge in [0, 0.05) is 30.8 Å². The van der Waals surface area contributed by atoms with E-state index in [1.165, 1.54) is 0 Å². The van der Waals surface area contributed by atoms with Crippen LogP contribution in [0.25, 0.3) is 5.69 Å². The van der Waals surface area contributed by atoms with E-state index in [2.05, 4.69) is 10.4 Å². The number of carbonyl (C=O) groups is 2. The molecule has 0 bridgehead atoms. The third-order valence-electron chi connectivity index (χ3n) is 5.46. The lowest BCUT2D eigenvalue weighted by atomic mass is 10.1. The van der Waals surface area contributed by atoms with Gasteiger partial charge < -0.3 is 15.2 Å². The normalized spacial score (nSPS) is 19.0. The summed E-state index contributed by atoms with van der Waals surface area (Å²) in [5, 5.41) is 16.5. The maximum atomic E-state index is 12.5. The Labute approximate surface area is 164 Å². The number of amides is 1. The molecule has 1 aromatic heterocycles. The van der Waals surface area contributed by atoms with E-state index < -0.39 is 5.97 Å². The maximum Gasteiger partial charge on any atom is 0.303 e. The van der Waals surface area contributed by atoms with Crippen molar-refractivity contribution < 1.29 is 19.4 Å². The van der Waals surface area contributed by atoms with Crippen molar-refractivity contribution in [3.05, 3.63) is 46.8 Å². The second-order valence-corrected chi connectivity index (χ2v) is 7.34. The van der Waals surface area contributed by atoms with Gasteiger partial charge in [-0.1, -0.05) is 0 Å². The first kappa shape index (κ1) is 20.1. The van der Waals surface area contributed by atoms with E-state index in [1.807, 2.05) is 26.0 Å². The average Bonchev–Trinajstić information content (AvgIpc) is 3.24. The molecule has 1 aliphatic carbocycles. The molecule has 7 nitrogen and oxygen atoms in total. The van der Waals surface area contributed by atoms with Gasteiger partial charge >= 0.3 is 5.97 Å². The fourth-order valence-electron chi connectivity index (χ4n) is 3.83. The van der Waals surface area contributed by atoms with Gasteiger partial charge in [0.05, 0.1) is 17.5 Å². The van der Waals surface area contributed by atoms with E-state index in [1.54, 1.807) is 23.9 Å². The minimum Gasteiger partial charge on any atom is -0.481 e. The Morgan fingerprint density at radius 3 is 2.57 bits per heavy atom. The summed E-state index contributed by atoms with van der Waals surface area (Å²) in [6.45, 7) is 3.82. The van der Waals surface area contributed by atoms with Crippen molar-refractivity contribution in [3.8, 4) is 5.69 Å². The quantitative estimate of drug-likeness (QED) is 0.764. The summed E-state index contributed by atoms with van der Waals surface area (Å²) in [7, 11) is 1.71. The molecule has 0 radical (unpaired) electrons. The lowest BCUT2D eigenvalue weighted by Crippen LogP contribution is -2.33. The molecule has 1 aliphatic rings. The summed E-state index contributed by atoms with van der Waals surface area (Å²) in [6.07, 6.45) is 3.53. The van der Waals surface area contributed by atoms with Crippen molar-refractivity contribution in [2.24, 2.45) is 0 Å². The fraction of sp³-hybridized carbons (Fsp3) is 0.476. The zero-order valence-electron chi connectivity index (χ0n) is 16.6. The van der Waals surface area contributed by atoms with Crippen LogP contribution in [0.3, 0.4) is 0 Å². The Hall–Kier alpha value is -2.67. The maximum absolute atomic E-state index is 12.5. The van der Waals surface area contributed by atoms with Gasteiger partial charge in [0.2, 0.25) is 0 Å². The molecule has 1 fully saturated rings. The zero-order chi connectivity index (χ0) is 20.3. The van der Waals surface area contributed by atoms with Crippen molar-refractivity contribution in [2.75, 3.05) is 7.11 Å². The molecule has 3 rings (SSSR count). The summed E-state index contributed by atoms with van der Waals surface area (Å²) in [5.74, 6) is -0.898. The van der Waals surface area contributed by atoms with Gasteiger partial charge in [-0.3, -0.25) is 9.59 Å². The number of aliphatic carboxylic acids is 1. The number of aryl methyl sites for hydroxylation is 1. The second kappa shape index (κ2) is 8.56. The van der Waals surface area contributed by atoms with Crippen LogP contribution in [-0.4, -0.2) is 46.0 Å². The number of benzene rings is 1. The van der Waals surface area contributed by atoms with Crippen LogP contribution in [0.4, 0.5) is 0 Å². The smallest absolute Gasteiger partial charge is 0.303 e. The van der Waals surface area contributed by atoms with Gasteiger partial charge in [0.25, 0.3) is 5.91 Å². The number of methoxy groups -OCH3 is 1. The van der Waals surface area contributed by atoms with E-state index in [9.17, 15) is 9.59 Å². The molecular formula is C21H27N3O4.